The first-order valence-corrected chi connectivity index (χ1v) is 7.09. The second-order valence-electron chi connectivity index (χ2n) is 5.23. The maximum Gasteiger partial charge on any atom is 0.0612 e. The van der Waals surface area contributed by atoms with Gasteiger partial charge in [-0.2, -0.15) is 0 Å². The van der Waals surface area contributed by atoms with Gasteiger partial charge >= 0.3 is 0 Å². The van der Waals surface area contributed by atoms with E-state index in [2.05, 4.69) is 32.0 Å². The number of rotatable bonds is 6. The van der Waals surface area contributed by atoms with E-state index in [1.165, 1.54) is 0 Å². The molecule has 0 bridgehead atoms. The lowest BCUT2D eigenvalue weighted by Gasteiger charge is -2.39. The summed E-state index contributed by atoms with van der Waals surface area (Å²) in [6.45, 7) is 7.40. The van der Waals surface area contributed by atoms with E-state index < -0.39 is 0 Å². The van der Waals surface area contributed by atoms with Crippen LogP contribution in [0.15, 0.2) is 0 Å². The SMILES string of the molecule is C#CCSCCNC1CC(OC(C)(C)C)C1. The molecule has 0 aliphatic heterocycles. The molecular weight excluding hydrogens is 218 g/mol. The Labute approximate surface area is 104 Å². The quantitative estimate of drug-likeness (QED) is 0.569. The number of ether oxygens (including phenoxy) is 1. The van der Waals surface area contributed by atoms with E-state index in [0.717, 1.165) is 30.9 Å². The molecule has 1 saturated carbocycles. The Kier molecular flexibility index (Phi) is 5.68. The number of thioether (sulfide) groups is 1. The Balaban J connectivity index is 1.94. The Bertz CT molecular complexity index is 235. The van der Waals surface area contributed by atoms with E-state index >= 15 is 0 Å². The van der Waals surface area contributed by atoms with Crippen LogP contribution in [0.2, 0.25) is 0 Å². The molecule has 0 amide bonds. The standard InChI is InChI=1S/C13H23NOS/c1-5-7-16-8-6-14-11-9-12(10-11)15-13(2,3)4/h1,11-12,14H,6-10H2,2-4H3. The second-order valence-corrected chi connectivity index (χ2v) is 6.34. The topological polar surface area (TPSA) is 21.3 Å². The van der Waals surface area contributed by atoms with Crippen molar-refractivity contribution < 1.29 is 4.74 Å². The molecule has 0 spiro atoms. The summed E-state index contributed by atoms with van der Waals surface area (Å²) in [4.78, 5) is 0. The number of nitrogens with one attached hydrogen (secondary N) is 1. The maximum absolute atomic E-state index is 5.88. The molecule has 0 saturated heterocycles. The molecule has 16 heavy (non-hydrogen) atoms. The summed E-state index contributed by atoms with van der Waals surface area (Å²) in [5, 5.41) is 3.52. The molecule has 0 aromatic carbocycles. The molecule has 2 nitrogen and oxygen atoms in total. The van der Waals surface area contributed by atoms with Crippen LogP contribution in [-0.4, -0.2) is 35.8 Å². The molecule has 0 aromatic rings. The largest absolute Gasteiger partial charge is 0.373 e. The smallest absolute Gasteiger partial charge is 0.0612 e. The van der Waals surface area contributed by atoms with Crippen LogP contribution in [-0.2, 0) is 4.74 Å². The molecule has 0 heterocycles. The van der Waals surface area contributed by atoms with Crippen LogP contribution in [0.5, 0.6) is 0 Å². The van der Waals surface area contributed by atoms with E-state index in [9.17, 15) is 0 Å². The van der Waals surface area contributed by atoms with Crippen LogP contribution in [0, 0.1) is 12.3 Å². The highest BCUT2D eigenvalue weighted by Gasteiger charge is 2.32. The van der Waals surface area contributed by atoms with Gasteiger partial charge in [0.15, 0.2) is 0 Å². The van der Waals surface area contributed by atoms with E-state index in [1.54, 1.807) is 0 Å². The first-order valence-electron chi connectivity index (χ1n) is 5.93. The van der Waals surface area contributed by atoms with Gasteiger partial charge in [-0.15, -0.1) is 18.2 Å². The first kappa shape index (κ1) is 13.9. The summed E-state index contributed by atoms with van der Waals surface area (Å²) in [5.74, 6) is 4.56. The van der Waals surface area contributed by atoms with Crippen molar-refractivity contribution >= 4 is 11.8 Å². The van der Waals surface area contributed by atoms with Crippen molar-refractivity contribution in [2.24, 2.45) is 0 Å². The zero-order chi connectivity index (χ0) is 12.0. The highest BCUT2D eigenvalue weighted by molar-refractivity contribution is 7.99. The fourth-order valence-electron chi connectivity index (χ4n) is 1.79. The van der Waals surface area contributed by atoms with Crippen LogP contribution < -0.4 is 5.32 Å². The summed E-state index contributed by atoms with van der Waals surface area (Å²) in [6.07, 6.45) is 7.93. The van der Waals surface area contributed by atoms with Gasteiger partial charge < -0.3 is 10.1 Å². The average molecular weight is 241 g/mol. The zero-order valence-electron chi connectivity index (χ0n) is 10.6. The predicted octanol–water partition coefficient (Wildman–Crippen LogP) is 2.29. The summed E-state index contributed by atoms with van der Waals surface area (Å²) >= 11 is 1.81. The van der Waals surface area contributed by atoms with Crippen LogP contribution in [0.3, 0.4) is 0 Å². The third-order valence-electron chi connectivity index (χ3n) is 2.48. The van der Waals surface area contributed by atoms with Crippen molar-refractivity contribution in [3.8, 4) is 12.3 Å². The minimum Gasteiger partial charge on any atom is -0.373 e. The summed E-state index contributed by atoms with van der Waals surface area (Å²) in [6, 6.07) is 0.652. The van der Waals surface area contributed by atoms with Gasteiger partial charge in [0.05, 0.1) is 17.5 Å². The van der Waals surface area contributed by atoms with Crippen molar-refractivity contribution in [1.29, 1.82) is 0 Å². The normalized spacial score (nSPS) is 24.9. The lowest BCUT2D eigenvalue weighted by atomic mass is 9.88. The molecule has 1 aliphatic carbocycles. The van der Waals surface area contributed by atoms with E-state index in [-0.39, 0.29) is 5.60 Å². The fourth-order valence-corrected chi connectivity index (χ4v) is 2.32. The van der Waals surface area contributed by atoms with E-state index in [1.807, 2.05) is 11.8 Å². The average Bonchev–Trinajstić information content (AvgIpc) is 2.11. The van der Waals surface area contributed by atoms with Gasteiger partial charge in [-0.25, -0.2) is 0 Å². The van der Waals surface area contributed by atoms with Gasteiger partial charge in [-0.1, -0.05) is 5.92 Å². The highest BCUT2D eigenvalue weighted by atomic mass is 32.2. The molecule has 0 aromatic heterocycles. The Morgan fingerprint density at radius 2 is 2.12 bits per heavy atom. The van der Waals surface area contributed by atoms with Gasteiger partial charge in [0.2, 0.25) is 0 Å². The third kappa shape index (κ3) is 5.79. The minimum atomic E-state index is -0.00170. The molecule has 1 N–H and O–H groups in total. The van der Waals surface area contributed by atoms with Crippen LogP contribution in [0.4, 0.5) is 0 Å². The number of terminal acetylenes is 1. The number of hydrogen-bond donors (Lipinski definition) is 1. The Morgan fingerprint density at radius 1 is 1.44 bits per heavy atom. The Morgan fingerprint density at radius 3 is 2.69 bits per heavy atom. The molecule has 1 fully saturated rings. The third-order valence-corrected chi connectivity index (χ3v) is 3.34. The van der Waals surface area contributed by atoms with Gasteiger partial charge in [0.1, 0.15) is 0 Å². The van der Waals surface area contributed by atoms with Crippen LogP contribution in [0.1, 0.15) is 33.6 Å². The van der Waals surface area contributed by atoms with Gasteiger partial charge in [-0.3, -0.25) is 0 Å². The van der Waals surface area contributed by atoms with Crippen molar-refractivity contribution in [3.05, 3.63) is 0 Å². The Hall–Kier alpha value is -0.170. The summed E-state index contributed by atoms with van der Waals surface area (Å²) in [7, 11) is 0. The molecule has 0 radical (unpaired) electrons. The lowest BCUT2D eigenvalue weighted by Crippen LogP contribution is -2.48. The minimum absolute atomic E-state index is 0.00170. The molecule has 92 valence electrons. The molecular formula is C13H23NOS. The van der Waals surface area contributed by atoms with Crippen molar-refractivity contribution in [2.45, 2.75) is 51.4 Å². The summed E-state index contributed by atoms with van der Waals surface area (Å²) < 4.78 is 5.88. The first-order chi connectivity index (χ1) is 7.51. The second kappa shape index (κ2) is 6.54. The van der Waals surface area contributed by atoms with E-state index in [4.69, 9.17) is 11.2 Å². The van der Waals surface area contributed by atoms with Crippen molar-refractivity contribution in [2.75, 3.05) is 18.1 Å². The summed E-state index contributed by atoms with van der Waals surface area (Å²) in [5.41, 5.74) is -0.00170. The number of hydrogen-bond acceptors (Lipinski definition) is 3. The van der Waals surface area contributed by atoms with Crippen molar-refractivity contribution in [1.82, 2.24) is 5.32 Å². The molecule has 0 unspecified atom stereocenters. The van der Waals surface area contributed by atoms with Gasteiger partial charge in [-0.05, 0) is 33.6 Å². The van der Waals surface area contributed by atoms with Crippen LogP contribution >= 0.6 is 11.8 Å². The van der Waals surface area contributed by atoms with E-state index in [0.29, 0.717) is 12.1 Å². The molecule has 1 rings (SSSR count). The molecule has 0 atom stereocenters. The predicted molar refractivity (Wildman–Crippen MR) is 71.8 cm³/mol. The molecule has 3 heteroatoms. The molecule has 1 aliphatic rings. The lowest BCUT2D eigenvalue weighted by molar-refractivity contribution is -0.102. The van der Waals surface area contributed by atoms with Crippen LogP contribution in [0.25, 0.3) is 0 Å². The monoisotopic (exact) mass is 241 g/mol. The van der Waals surface area contributed by atoms with Gasteiger partial charge in [0.25, 0.3) is 0 Å². The highest BCUT2D eigenvalue weighted by Crippen LogP contribution is 2.27. The zero-order valence-corrected chi connectivity index (χ0v) is 11.4. The van der Waals surface area contributed by atoms with Crippen molar-refractivity contribution in [3.63, 3.8) is 0 Å². The fraction of sp³-hybridized carbons (Fsp3) is 0.846. The maximum atomic E-state index is 5.88. The van der Waals surface area contributed by atoms with Gasteiger partial charge in [0, 0.05) is 18.3 Å².